The number of carbonyl (C=O) groups excluding carboxylic acids is 2. The van der Waals surface area contributed by atoms with E-state index in [1.165, 1.54) is 24.3 Å². The maximum Gasteiger partial charge on any atom is 5.00 e. The third-order valence-electron chi connectivity index (χ3n) is 5.56. The largest absolute Gasteiger partial charge is 5.00 e. The summed E-state index contributed by atoms with van der Waals surface area (Å²) in [5, 5.41) is 26.8. The van der Waals surface area contributed by atoms with Gasteiger partial charge in [0.05, 0.1) is 23.3 Å². The van der Waals surface area contributed by atoms with E-state index in [0.717, 1.165) is 50.7 Å². The van der Waals surface area contributed by atoms with Gasteiger partial charge in [-0.15, -0.1) is 20.5 Å². The van der Waals surface area contributed by atoms with Crippen LogP contribution in [-0.2, 0) is 52.7 Å². The molecule has 2 N–H and O–H groups in total. The monoisotopic (exact) mass is 926 g/mol. The summed E-state index contributed by atoms with van der Waals surface area (Å²) in [6, 6.07) is 28.1. The standard InChI is InChI=1S/2C10H17N3.2C7H6O2.2ClHO4.2Fe.O/c2*1-13(2)8-7-11-9-10-5-3-4-6-12-10;2*8-7(9)6-4-2-1-3-5-6;2*2-1(3,4)5;;;/h2*3-6,11H,7-9H2,1-2H3;2*1-5H,(H,8,9);2*(H,2,3,4,5);;;/q;;;;;;2*+5;-2/p-4. The van der Waals surface area contributed by atoms with Gasteiger partial charge < -0.3 is 45.7 Å². The van der Waals surface area contributed by atoms with Crippen LogP contribution in [-0.4, -0.2) is 86.1 Å². The van der Waals surface area contributed by atoms with E-state index in [1.807, 2.05) is 48.8 Å². The number of aromatic carboxylic acids is 2. The SMILES string of the molecule is CN(C)CCNCc1ccccn1.CN(C)CCNCc1ccccn1.O=C([O-])c1ccccc1.O=C([O-])c1ccccc1.[Fe+5].[Fe+5].[O-2].[O-][Cl+3]([O-])([O-])[O-].[O-][Cl+3]([O-])([O-])[O-]. The van der Waals surface area contributed by atoms with Gasteiger partial charge >= 0.3 is 34.1 Å². The first-order chi connectivity index (χ1) is 25.2. The Kier molecular flexibility index (Phi) is 42.3. The van der Waals surface area contributed by atoms with Gasteiger partial charge in [-0.05, 0) is 63.6 Å². The molecule has 0 aliphatic carbocycles. The number of halogens is 2. The molecule has 314 valence electrons. The van der Waals surface area contributed by atoms with Crippen LogP contribution in [0.5, 0.6) is 0 Å². The van der Waals surface area contributed by atoms with Crippen molar-refractivity contribution < 1.29 is 117 Å². The maximum absolute atomic E-state index is 10.1. The van der Waals surface area contributed by atoms with E-state index in [-0.39, 0.29) is 50.7 Å². The van der Waals surface area contributed by atoms with Gasteiger partial charge in [-0.3, -0.25) is 9.97 Å². The molecule has 2 heterocycles. The molecule has 0 saturated carbocycles. The first kappa shape index (κ1) is 63.0. The van der Waals surface area contributed by atoms with Crippen LogP contribution in [0.15, 0.2) is 109 Å². The number of hydrogen-bond acceptors (Lipinski definition) is 18. The fraction of sp³-hybridized carbons (Fsp3) is 0.294. The third-order valence-corrected chi connectivity index (χ3v) is 5.56. The zero-order valence-electron chi connectivity index (χ0n) is 31.2. The van der Waals surface area contributed by atoms with Crippen LogP contribution in [0.4, 0.5) is 0 Å². The molecular weight excluding hydrogens is 883 g/mol. The molecule has 4 rings (SSSR count). The number of benzene rings is 2. The van der Waals surface area contributed by atoms with Crippen LogP contribution in [0.2, 0.25) is 0 Å². The molecule has 0 spiro atoms. The summed E-state index contributed by atoms with van der Waals surface area (Å²) in [6.07, 6.45) is 3.64. The number of hydrogen-bond donors (Lipinski definition) is 2. The van der Waals surface area contributed by atoms with Crippen molar-refractivity contribution in [3.05, 3.63) is 132 Å². The number of nitrogens with zero attached hydrogens (tertiary/aromatic N) is 4. The second-order valence-corrected chi connectivity index (χ2v) is 12.2. The molecule has 0 unspecified atom stereocenters. The van der Waals surface area contributed by atoms with Gasteiger partial charge in [-0.1, -0.05) is 72.8 Å². The van der Waals surface area contributed by atoms with Gasteiger partial charge in [-0.2, -0.15) is 0 Å². The summed E-state index contributed by atoms with van der Waals surface area (Å²) < 4.78 is 67.9. The van der Waals surface area contributed by atoms with Crippen LogP contribution in [0.1, 0.15) is 32.1 Å². The molecular formula is C34H44Cl2Fe2N6O13+4. The molecule has 2 radical (unpaired) electrons. The smallest absolute Gasteiger partial charge is 2.00 e. The number of pyridine rings is 2. The van der Waals surface area contributed by atoms with Crippen molar-refractivity contribution in [1.29, 1.82) is 0 Å². The normalized spacial score (nSPS) is 9.79. The Morgan fingerprint density at radius 1 is 0.526 bits per heavy atom. The molecule has 0 atom stereocenters. The van der Waals surface area contributed by atoms with E-state index >= 15 is 0 Å². The number of carboxylic acids is 2. The van der Waals surface area contributed by atoms with Gasteiger partial charge in [0.25, 0.3) is 0 Å². The maximum atomic E-state index is 10.1. The topological polar surface area (TPSA) is 350 Å². The minimum Gasteiger partial charge on any atom is -2.00 e. The average Bonchev–Trinajstić information content (AvgIpc) is 3.10. The molecule has 2 aromatic heterocycles. The van der Waals surface area contributed by atoms with Crippen LogP contribution in [0.25, 0.3) is 0 Å². The van der Waals surface area contributed by atoms with Crippen molar-refractivity contribution in [2.45, 2.75) is 13.1 Å². The van der Waals surface area contributed by atoms with Crippen molar-refractivity contribution >= 4 is 11.9 Å². The molecule has 19 nitrogen and oxygen atoms in total. The van der Waals surface area contributed by atoms with Crippen LogP contribution in [0.3, 0.4) is 0 Å². The molecule has 0 fully saturated rings. The molecule has 2 aromatic carbocycles. The Morgan fingerprint density at radius 3 is 0.982 bits per heavy atom. The summed E-state index contributed by atoms with van der Waals surface area (Å²) in [6.45, 7) is 5.84. The number of likely N-dealkylation sites (N-methyl/N-ethyl adjacent to an activating group) is 2. The van der Waals surface area contributed by atoms with Gasteiger partial charge in [0.1, 0.15) is 0 Å². The van der Waals surface area contributed by atoms with Crippen molar-refractivity contribution in [3.63, 3.8) is 0 Å². The molecule has 57 heavy (non-hydrogen) atoms. The molecule has 4 aromatic rings. The Hall–Kier alpha value is -3.22. The summed E-state index contributed by atoms with van der Waals surface area (Å²) in [5.74, 6) is -2.26. The minimum atomic E-state index is -4.94. The number of carbonyl (C=O) groups is 2. The van der Waals surface area contributed by atoms with Crippen molar-refractivity contribution in [1.82, 2.24) is 30.4 Å². The molecule has 0 bridgehead atoms. The van der Waals surface area contributed by atoms with Crippen molar-refractivity contribution in [2.24, 2.45) is 0 Å². The van der Waals surface area contributed by atoms with E-state index in [9.17, 15) is 19.8 Å². The summed E-state index contributed by atoms with van der Waals surface area (Å²) in [7, 11) is -1.60. The Balaban J connectivity index is -0.000000194. The van der Waals surface area contributed by atoms with Gasteiger partial charge in [-0.25, -0.2) is 37.3 Å². The van der Waals surface area contributed by atoms with Crippen molar-refractivity contribution in [2.75, 3.05) is 54.4 Å². The number of rotatable bonds is 12. The first-order valence-electron chi connectivity index (χ1n) is 15.5. The zero-order valence-corrected chi connectivity index (χ0v) is 34.9. The Morgan fingerprint density at radius 2 is 0.789 bits per heavy atom. The predicted molar refractivity (Wildman–Crippen MR) is 171 cm³/mol. The molecule has 0 saturated heterocycles. The van der Waals surface area contributed by atoms with Crippen LogP contribution >= 0.6 is 0 Å². The van der Waals surface area contributed by atoms with E-state index in [4.69, 9.17) is 37.3 Å². The molecule has 0 aliphatic rings. The summed E-state index contributed by atoms with van der Waals surface area (Å²) in [5.41, 5.74) is 2.64. The van der Waals surface area contributed by atoms with E-state index < -0.39 is 32.4 Å². The minimum absolute atomic E-state index is 0. The number of carboxylic acid groups (broad SMARTS) is 2. The second kappa shape index (κ2) is 38.3. The van der Waals surface area contributed by atoms with Gasteiger partial charge in [0, 0.05) is 51.7 Å². The summed E-state index contributed by atoms with van der Waals surface area (Å²) >= 11 is 0. The van der Waals surface area contributed by atoms with Crippen LogP contribution < -0.4 is 58.1 Å². The summed E-state index contributed by atoms with van der Waals surface area (Å²) in [4.78, 5) is 32.9. The average molecular weight is 927 g/mol. The quantitative estimate of drug-likeness (QED) is 0.0984. The zero-order chi connectivity index (χ0) is 41.4. The predicted octanol–water partition coefficient (Wildman–Crippen LogP) is -8.07. The second-order valence-electron chi connectivity index (χ2n) is 10.7. The van der Waals surface area contributed by atoms with E-state index in [1.54, 1.807) is 36.4 Å². The van der Waals surface area contributed by atoms with E-state index in [0.29, 0.717) is 0 Å². The number of nitrogens with one attached hydrogen (secondary N) is 2. The molecule has 0 aliphatic heterocycles. The van der Waals surface area contributed by atoms with Gasteiger partial charge in [0.15, 0.2) is 0 Å². The van der Waals surface area contributed by atoms with Crippen molar-refractivity contribution in [3.8, 4) is 0 Å². The fourth-order valence-corrected chi connectivity index (χ4v) is 3.19. The Bertz CT molecular complexity index is 1360. The third kappa shape index (κ3) is 52.8. The number of aromatic nitrogens is 2. The first-order valence-corrected chi connectivity index (χ1v) is 17.9. The van der Waals surface area contributed by atoms with Crippen LogP contribution in [0, 0.1) is 20.5 Å². The fourth-order valence-electron chi connectivity index (χ4n) is 3.19. The van der Waals surface area contributed by atoms with E-state index in [2.05, 4.69) is 58.6 Å². The Labute approximate surface area is 357 Å². The van der Waals surface area contributed by atoms with Gasteiger partial charge in [0.2, 0.25) is 0 Å². The molecule has 23 heteroatoms. The molecule has 0 amide bonds.